The van der Waals surface area contributed by atoms with Gasteiger partial charge in [0, 0.05) is 5.56 Å². The Morgan fingerprint density at radius 2 is 1.21 bits per heavy atom. The Morgan fingerprint density at radius 3 is 1.96 bits per heavy atom. The fourth-order valence-electron chi connectivity index (χ4n) is 3.48. The van der Waals surface area contributed by atoms with Crippen molar-refractivity contribution in [3.63, 3.8) is 0 Å². The Labute approximate surface area is 142 Å². The Morgan fingerprint density at radius 1 is 0.542 bits per heavy atom. The zero-order valence-corrected chi connectivity index (χ0v) is 13.5. The van der Waals surface area contributed by atoms with Gasteiger partial charge in [-0.2, -0.15) is 0 Å². The third-order valence-corrected chi connectivity index (χ3v) is 4.88. The molecule has 0 aliphatic heterocycles. The molecule has 0 spiro atoms. The Balaban J connectivity index is 1.82. The Bertz CT molecular complexity index is 896. The smallest absolute Gasteiger partial charge is 0.123 e. The molecule has 7 rings (SSSR count). The van der Waals surface area contributed by atoms with Crippen LogP contribution in [0, 0.1) is 0 Å². The van der Waals surface area contributed by atoms with E-state index in [4.69, 9.17) is 0 Å². The van der Waals surface area contributed by atoms with Crippen molar-refractivity contribution >= 4 is 0 Å². The van der Waals surface area contributed by atoms with Crippen LogP contribution in [-0.4, -0.2) is 10.2 Å². The van der Waals surface area contributed by atoms with E-state index in [1.807, 2.05) is 30.3 Å². The van der Waals surface area contributed by atoms with Crippen LogP contribution in [0.4, 0.5) is 0 Å². The van der Waals surface area contributed by atoms with Gasteiger partial charge in [0.2, 0.25) is 0 Å². The number of para-hydroxylation sites is 1. The van der Waals surface area contributed by atoms with Crippen molar-refractivity contribution < 1.29 is 10.2 Å². The molecule has 0 amide bonds. The minimum absolute atomic E-state index is 0.323. The summed E-state index contributed by atoms with van der Waals surface area (Å²) in [7, 11) is 0. The molecule has 0 radical (unpaired) electrons. The molecule has 0 atom stereocenters. The predicted octanol–water partition coefficient (Wildman–Crippen LogP) is 4.65. The molecule has 0 aromatic heterocycles. The molecule has 0 unspecified atom stereocenters. The van der Waals surface area contributed by atoms with Gasteiger partial charge in [-0.15, -0.1) is 0 Å². The minimum atomic E-state index is 0.323. The lowest BCUT2D eigenvalue weighted by Crippen LogP contribution is -2.00. The highest BCUT2D eigenvalue weighted by atomic mass is 16.3. The van der Waals surface area contributed by atoms with E-state index in [2.05, 4.69) is 24.3 Å². The first-order valence-electron chi connectivity index (χ1n) is 8.41. The summed E-state index contributed by atoms with van der Waals surface area (Å²) in [5.41, 5.74) is 6.59. The average Bonchev–Trinajstić information content (AvgIpc) is 2.58. The third-order valence-electron chi connectivity index (χ3n) is 4.88. The van der Waals surface area contributed by atoms with E-state index in [0.29, 0.717) is 11.5 Å². The summed E-state index contributed by atoms with van der Waals surface area (Å²) in [6.07, 6.45) is 3.43. The summed E-state index contributed by atoms with van der Waals surface area (Å²) < 4.78 is 0. The monoisotopic (exact) mass is 316 g/mol. The zero-order chi connectivity index (χ0) is 16.5. The second kappa shape index (κ2) is 6.04. The maximum Gasteiger partial charge on any atom is 0.123 e. The first kappa shape index (κ1) is 14.8. The quantitative estimate of drug-likeness (QED) is 0.686. The number of benzene rings is 3. The third kappa shape index (κ3) is 2.76. The van der Waals surface area contributed by atoms with Crippen molar-refractivity contribution in [2.45, 2.75) is 25.7 Å². The van der Waals surface area contributed by atoms with Crippen LogP contribution in [0.1, 0.15) is 22.3 Å². The van der Waals surface area contributed by atoms with Crippen molar-refractivity contribution in [3.8, 4) is 22.6 Å². The molecule has 4 aliphatic rings. The van der Waals surface area contributed by atoms with Crippen molar-refractivity contribution in [2.24, 2.45) is 0 Å². The van der Waals surface area contributed by atoms with Crippen LogP contribution in [0.2, 0.25) is 0 Å². The molecule has 0 heterocycles. The van der Waals surface area contributed by atoms with Gasteiger partial charge in [-0.25, -0.2) is 0 Å². The fraction of sp³-hybridized carbons (Fsp3) is 0.182. The molecule has 0 saturated carbocycles. The molecule has 4 bridgehead atoms. The number of hydrogen-bond donors (Lipinski definition) is 2. The van der Waals surface area contributed by atoms with Crippen LogP contribution in [0.25, 0.3) is 11.1 Å². The van der Waals surface area contributed by atoms with E-state index in [1.165, 1.54) is 11.1 Å². The van der Waals surface area contributed by atoms with Crippen molar-refractivity contribution in [2.75, 3.05) is 0 Å². The van der Waals surface area contributed by atoms with Crippen molar-refractivity contribution in [3.05, 3.63) is 82.9 Å². The highest BCUT2D eigenvalue weighted by Crippen LogP contribution is 2.34. The second-order valence-electron chi connectivity index (χ2n) is 6.47. The molecule has 2 N–H and O–H groups in total. The van der Waals surface area contributed by atoms with Gasteiger partial charge < -0.3 is 10.2 Å². The van der Waals surface area contributed by atoms with Gasteiger partial charge in [-0.1, -0.05) is 48.5 Å². The highest BCUT2D eigenvalue weighted by Gasteiger charge is 2.13. The van der Waals surface area contributed by atoms with Crippen LogP contribution in [0.3, 0.4) is 0 Å². The van der Waals surface area contributed by atoms with Crippen molar-refractivity contribution in [1.29, 1.82) is 0 Å². The maximum atomic E-state index is 10.3. The fourth-order valence-corrected chi connectivity index (χ4v) is 3.48. The number of phenolic OH excluding ortho intramolecular Hbond substituents is 2. The lowest BCUT2D eigenvalue weighted by molar-refractivity contribution is 0.467. The molecule has 0 saturated heterocycles. The summed E-state index contributed by atoms with van der Waals surface area (Å²) in [5, 5.41) is 20.5. The standard InChI is InChI=1S/C22H20O2/c23-21-4-2-1-3-19(21)20-13-15-5-9-17(20)10-6-16-8-12-18(11-7-15)22(24)14-16/h1-5,8-9,12-14,23-24H,6-7,10-11H2. The van der Waals surface area contributed by atoms with Gasteiger partial charge in [0.05, 0.1) is 0 Å². The molecule has 2 nitrogen and oxygen atoms in total. The largest absolute Gasteiger partial charge is 0.508 e. The summed E-state index contributed by atoms with van der Waals surface area (Å²) in [6, 6.07) is 20.1. The average molecular weight is 316 g/mol. The Kier molecular flexibility index (Phi) is 3.73. The number of aryl methyl sites for hydroxylation is 4. The topological polar surface area (TPSA) is 40.5 Å². The number of hydrogen-bond acceptors (Lipinski definition) is 2. The van der Waals surface area contributed by atoms with Gasteiger partial charge >= 0.3 is 0 Å². The molecule has 24 heavy (non-hydrogen) atoms. The molecule has 4 aliphatic carbocycles. The zero-order valence-electron chi connectivity index (χ0n) is 13.5. The molecule has 3 aromatic carbocycles. The van der Waals surface area contributed by atoms with Gasteiger partial charge in [0.1, 0.15) is 11.5 Å². The first-order valence-corrected chi connectivity index (χ1v) is 8.41. The molecular weight excluding hydrogens is 296 g/mol. The Hall–Kier alpha value is -2.74. The predicted molar refractivity (Wildman–Crippen MR) is 96.5 cm³/mol. The van der Waals surface area contributed by atoms with E-state index >= 15 is 0 Å². The van der Waals surface area contributed by atoms with E-state index in [1.54, 1.807) is 6.07 Å². The second-order valence-corrected chi connectivity index (χ2v) is 6.47. The van der Waals surface area contributed by atoms with Crippen LogP contribution < -0.4 is 0 Å². The maximum absolute atomic E-state index is 10.3. The molecule has 3 aromatic rings. The van der Waals surface area contributed by atoms with Gasteiger partial charge in [-0.3, -0.25) is 0 Å². The number of rotatable bonds is 1. The lowest BCUT2D eigenvalue weighted by Gasteiger charge is -2.16. The van der Waals surface area contributed by atoms with E-state index < -0.39 is 0 Å². The van der Waals surface area contributed by atoms with Crippen molar-refractivity contribution in [1.82, 2.24) is 0 Å². The molecule has 120 valence electrons. The summed E-state index contributed by atoms with van der Waals surface area (Å²) in [5.74, 6) is 0.729. The first-order chi connectivity index (χ1) is 11.7. The van der Waals surface area contributed by atoms with Crippen LogP contribution in [-0.2, 0) is 25.7 Å². The number of phenols is 2. The summed E-state index contributed by atoms with van der Waals surface area (Å²) in [4.78, 5) is 0. The SMILES string of the molecule is Oc1cc2ccc1CCc1ccc(c(-c3ccccc3O)c1)CC2. The molecular formula is C22H20O2. The molecule has 0 fully saturated rings. The van der Waals surface area contributed by atoms with Gasteiger partial charge in [-0.05, 0) is 65.6 Å². The van der Waals surface area contributed by atoms with Crippen LogP contribution in [0.15, 0.2) is 60.7 Å². The normalized spacial score (nSPS) is 13.5. The van der Waals surface area contributed by atoms with E-state index in [9.17, 15) is 10.2 Å². The summed E-state index contributed by atoms with van der Waals surface area (Å²) in [6.45, 7) is 0. The van der Waals surface area contributed by atoms with E-state index in [-0.39, 0.29) is 0 Å². The minimum Gasteiger partial charge on any atom is -0.508 e. The highest BCUT2D eigenvalue weighted by molar-refractivity contribution is 5.73. The van der Waals surface area contributed by atoms with Crippen LogP contribution >= 0.6 is 0 Å². The lowest BCUT2D eigenvalue weighted by atomic mass is 9.90. The van der Waals surface area contributed by atoms with E-state index in [0.717, 1.165) is 47.9 Å². The summed E-state index contributed by atoms with van der Waals surface area (Å²) >= 11 is 0. The molecule has 2 heteroatoms. The van der Waals surface area contributed by atoms with Crippen LogP contribution in [0.5, 0.6) is 11.5 Å². The van der Waals surface area contributed by atoms with Gasteiger partial charge in [0.15, 0.2) is 0 Å². The van der Waals surface area contributed by atoms with Gasteiger partial charge in [0.25, 0.3) is 0 Å². The number of aromatic hydroxyl groups is 2.